The van der Waals surface area contributed by atoms with Crippen molar-refractivity contribution in [1.82, 2.24) is 10.2 Å². The average Bonchev–Trinajstić information content (AvgIpc) is 2.76. The first-order chi connectivity index (χ1) is 11.0. The van der Waals surface area contributed by atoms with E-state index in [2.05, 4.69) is 12.2 Å². The Kier molecular flexibility index (Phi) is 4.04. The number of nitrogens with one attached hydrogen (secondary N) is 1. The molecule has 3 amide bonds. The number of benzene rings is 1. The number of methoxy groups -OCH3 is 1. The summed E-state index contributed by atoms with van der Waals surface area (Å²) in [7, 11) is 1.60. The zero-order valence-electron chi connectivity index (χ0n) is 14.0. The quantitative estimate of drug-likeness (QED) is 0.872. The highest BCUT2D eigenvalue weighted by Gasteiger charge is 2.54. The summed E-state index contributed by atoms with van der Waals surface area (Å²) in [5.41, 5.74) is 1.23. The van der Waals surface area contributed by atoms with Crippen molar-refractivity contribution in [2.24, 2.45) is 5.92 Å². The van der Waals surface area contributed by atoms with Crippen LogP contribution >= 0.6 is 0 Å². The highest BCUT2D eigenvalue weighted by molar-refractivity contribution is 6.07. The third kappa shape index (κ3) is 2.58. The second-order valence-corrected chi connectivity index (χ2v) is 6.75. The molecule has 2 atom stereocenters. The Bertz CT molecular complexity index is 643. The Labute approximate surface area is 137 Å². The number of hydrogen-bond acceptors (Lipinski definition) is 3. The Morgan fingerprint density at radius 2 is 2.13 bits per heavy atom. The first-order valence-electron chi connectivity index (χ1n) is 8.25. The minimum Gasteiger partial charge on any atom is -0.496 e. The van der Waals surface area contributed by atoms with E-state index < -0.39 is 5.54 Å². The maximum absolute atomic E-state index is 13.0. The van der Waals surface area contributed by atoms with E-state index in [0.717, 1.165) is 36.8 Å². The normalized spacial score (nSPS) is 27.4. The standard InChI is InChI=1S/C18H24N2O3/c1-12-7-8-15(23-3)14(10-12)11-20-16(21)18(19-17(20)22)9-5-4-6-13(18)2/h7-8,10,13H,4-6,9,11H2,1-3H3,(H,19,22)/t13-,18-/m1/s1. The minimum atomic E-state index is -0.702. The van der Waals surface area contributed by atoms with Gasteiger partial charge in [0.2, 0.25) is 0 Å². The smallest absolute Gasteiger partial charge is 0.325 e. The number of ether oxygens (including phenoxy) is 1. The third-order valence-corrected chi connectivity index (χ3v) is 5.27. The molecule has 1 heterocycles. The molecule has 2 aliphatic rings. The van der Waals surface area contributed by atoms with Crippen molar-refractivity contribution >= 4 is 11.9 Å². The van der Waals surface area contributed by atoms with Gasteiger partial charge in [0.15, 0.2) is 0 Å². The molecule has 0 radical (unpaired) electrons. The van der Waals surface area contributed by atoms with Crippen molar-refractivity contribution in [2.75, 3.05) is 7.11 Å². The number of imide groups is 1. The zero-order chi connectivity index (χ0) is 16.6. The van der Waals surface area contributed by atoms with Crippen LogP contribution in [-0.2, 0) is 11.3 Å². The van der Waals surface area contributed by atoms with Gasteiger partial charge in [0, 0.05) is 5.56 Å². The van der Waals surface area contributed by atoms with Gasteiger partial charge in [0.1, 0.15) is 11.3 Å². The van der Waals surface area contributed by atoms with E-state index in [1.807, 2.05) is 25.1 Å². The van der Waals surface area contributed by atoms with Crippen LogP contribution < -0.4 is 10.1 Å². The van der Waals surface area contributed by atoms with E-state index in [1.54, 1.807) is 7.11 Å². The zero-order valence-corrected chi connectivity index (χ0v) is 14.0. The Morgan fingerprint density at radius 1 is 1.35 bits per heavy atom. The number of carbonyl (C=O) groups is 2. The molecule has 23 heavy (non-hydrogen) atoms. The SMILES string of the molecule is COc1ccc(C)cc1CN1C(=O)N[C@@]2(CCCC[C@H]2C)C1=O. The summed E-state index contributed by atoms with van der Waals surface area (Å²) < 4.78 is 5.37. The lowest BCUT2D eigenvalue weighted by Gasteiger charge is -2.36. The van der Waals surface area contributed by atoms with Crippen LogP contribution in [0.4, 0.5) is 4.79 Å². The van der Waals surface area contributed by atoms with E-state index in [-0.39, 0.29) is 24.4 Å². The number of nitrogens with zero attached hydrogens (tertiary/aromatic N) is 1. The highest BCUT2D eigenvalue weighted by atomic mass is 16.5. The van der Waals surface area contributed by atoms with Gasteiger partial charge in [-0.15, -0.1) is 0 Å². The van der Waals surface area contributed by atoms with Crippen molar-refractivity contribution in [3.05, 3.63) is 29.3 Å². The van der Waals surface area contributed by atoms with Gasteiger partial charge in [-0.2, -0.15) is 0 Å². The van der Waals surface area contributed by atoms with Gasteiger partial charge in [-0.05, 0) is 31.7 Å². The minimum absolute atomic E-state index is 0.0849. The third-order valence-electron chi connectivity index (χ3n) is 5.27. The van der Waals surface area contributed by atoms with Crippen LogP contribution in [0, 0.1) is 12.8 Å². The van der Waals surface area contributed by atoms with Crippen LogP contribution in [0.15, 0.2) is 18.2 Å². The van der Waals surface area contributed by atoms with Gasteiger partial charge in [0.25, 0.3) is 5.91 Å². The lowest BCUT2D eigenvalue weighted by molar-refractivity contribution is -0.134. The van der Waals surface area contributed by atoms with E-state index in [4.69, 9.17) is 4.74 Å². The average molecular weight is 316 g/mol. The fourth-order valence-corrected chi connectivity index (χ4v) is 3.84. The molecule has 2 fully saturated rings. The van der Waals surface area contributed by atoms with Gasteiger partial charge in [-0.1, -0.05) is 37.5 Å². The lowest BCUT2D eigenvalue weighted by Crippen LogP contribution is -2.53. The Hall–Kier alpha value is -2.04. The van der Waals surface area contributed by atoms with Crippen LogP contribution in [0.3, 0.4) is 0 Å². The fourth-order valence-electron chi connectivity index (χ4n) is 3.84. The summed E-state index contributed by atoms with van der Waals surface area (Å²) in [6.45, 7) is 4.30. The van der Waals surface area contributed by atoms with Crippen molar-refractivity contribution in [1.29, 1.82) is 0 Å². The molecule has 1 aliphatic carbocycles. The molecule has 1 aromatic rings. The summed E-state index contributed by atoms with van der Waals surface area (Å²) in [6.07, 6.45) is 3.82. The molecule has 0 bridgehead atoms. The van der Waals surface area contributed by atoms with E-state index >= 15 is 0 Å². The summed E-state index contributed by atoms with van der Waals surface area (Å²) >= 11 is 0. The van der Waals surface area contributed by atoms with E-state index in [0.29, 0.717) is 5.75 Å². The van der Waals surface area contributed by atoms with Gasteiger partial charge >= 0.3 is 6.03 Å². The molecule has 0 aromatic heterocycles. The van der Waals surface area contributed by atoms with Gasteiger partial charge < -0.3 is 10.1 Å². The second kappa shape index (κ2) is 5.87. The van der Waals surface area contributed by atoms with Crippen LogP contribution in [0.5, 0.6) is 5.75 Å². The maximum Gasteiger partial charge on any atom is 0.325 e. The molecule has 5 heteroatoms. The van der Waals surface area contributed by atoms with Gasteiger partial charge in [0.05, 0.1) is 13.7 Å². The van der Waals surface area contributed by atoms with Crippen molar-refractivity contribution < 1.29 is 14.3 Å². The fraction of sp³-hybridized carbons (Fsp3) is 0.556. The van der Waals surface area contributed by atoms with E-state index in [1.165, 1.54) is 4.90 Å². The lowest BCUT2D eigenvalue weighted by atomic mass is 9.73. The predicted octanol–water partition coefficient (Wildman–Crippen LogP) is 3.00. The first kappa shape index (κ1) is 15.8. The van der Waals surface area contributed by atoms with Crippen LogP contribution in [0.2, 0.25) is 0 Å². The van der Waals surface area contributed by atoms with Crippen LogP contribution in [0.25, 0.3) is 0 Å². The monoisotopic (exact) mass is 316 g/mol. The number of rotatable bonds is 3. The highest BCUT2D eigenvalue weighted by Crippen LogP contribution is 2.39. The molecule has 5 nitrogen and oxygen atoms in total. The Balaban J connectivity index is 1.88. The van der Waals surface area contributed by atoms with Crippen molar-refractivity contribution in [3.63, 3.8) is 0 Å². The number of carbonyl (C=O) groups excluding carboxylic acids is 2. The molecule has 1 aliphatic heterocycles. The van der Waals surface area contributed by atoms with Crippen molar-refractivity contribution in [2.45, 2.75) is 51.6 Å². The predicted molar refractivity (Wildman–Crippen MR) is 87.2 cm³/mol. The number of aryl methyl sites for hydroxylation is 1. The molecular weight excluding hydrogens is 292 g/mol. The molecule has 1 N–H and O–H groups in total. The first-order valence-corrected chi connectivity index (χ1v) is 8.25. The molecule has 3 rings (SSSR count). The topological polar surface area (TPSA) is 58.6 Å². The molecule has 1 aromatic carbocycles. The summed E-state index contributed by atoms with van der Waals surface area (Å²) in [5.74, 6) is 0.796. The van der Waals surface area contributed by atoms with Crippen LogP contribution in [-0.4, -0.2) is 29.5 Å². The number of amides is 3. The largest absolute Gasteiger partial charge is 0.496 e. The molecule has 1 saturated heterocycles. The maximum atomic E-state index is 13.0. The number of urea groups is 1. The summed E-state index contributed by atoms with van der Waals surface area (Å²) in [6, 6.07) is 5.52. The summed E-state index contributed by atoms with van der Waals surface area (Å²) in [5, 5.41) is 2.99. The molecule has 0 unspecified atom stereocenters. The summed E-state index contributed by atoms with van der Waals surface area (Å²) in [4.78, 5) is 26.8. The van der Waals surface area contributed by atoms with Crippen molar-refractivity contribution in [3.8, 4) is 5.75 Å². The van der Waals surface area contributed by atoms with Crippen LogP contribution in [0.1, 0.15) is 43.7 Å². The number of hydrogen-bond donors (Lipinski definition) is 1. The Morgan fingerprint density at radius 3 is 2.83 bits per heavy atom. The molecular formula is C18H24N2O3. The molecule has 1 spiro atoms. The van der Waals surface area contributed by atoms with Gasteiger partial charge in [-0.25, -0.2) is 4.79 Å². The molecule has 1 saturated carbocycles. The van der Waals surface area contributed by atoms with Gasteiger partial charge in [-0.3, -0.25) is 9.69 Å². The molecule has 124 valence electrons. The van der Waals surface area contributed by atoms with E-state index in [9.17, 15) is 9.59 Å². The second-order valence-electron chi connectivity index (χ2n) is 6.75.